The number of para-hydroxylation sites is 1. The first-order valence-corrected chi connectivity index (χ1v) is 12.0. The molecule has 2 fully saturated rings. The Bertz CT molecular complexity index is 899. The van der Waals surface area contributed by atoms with E-state index in [1.165, 1.54) is 12.5 Å². The van der Waals surface area contributed by atoms with Gasteiger partial charge in [-0.3, -0.25) is 9.69 Å². The number of amides is 1. The molecule has 1 saturated heterocycles. The van der Waals surface area contributed by atoms with E-state index in [1.807, 2.05) is 36.4 Å². The van der Waals surface area contributed by atoms with Crippen LogP contribution in [0, 0.1) is 0 Å². The van der Waals surface area contributed by atoms with Gasteiger partial charge in [0.25, 0.3) is 0 Å². The van der Waals surface area contributed by atoms with Crippen molar-refractivity contribution in [3.05, 3.63) is 66.2 Å². The SMILES string of the molecule is CC(=O)N1CCN(CC2(O)CCC(c3ccccc3)CC2)CC(O)(COc2ccccc2)C1. The van der Waals surface area contributed by atoms with Gasteiger partial charge in [0.1, 0.15) is 18.0 Å². The molecule has 2 aromatic rings. The molecule has 6 heteroatoms. The summed E-state index contributed by atoms with van der Waals surface area (Å²) in [5.41, 5.74) is -0.646. The summed E-state index contributed by atoms with van der Waals surface area (Å²) in [7, 11) is 0. The summed E-state index contributed by atoms with van der Waals surface area (Å²) in [6.07, 6.45) is 3.38. The summed E-state index contributed by atoms with van der Waals surface area (Å²) in [6, 6.07) is 19.9. The molecule has 0 spiro atoms. The lowest BCUT2D eigenvalue weighted by molar-refractivity contribution is -0.132. The molecule has 178 valence electrons. The van der Waals surface area contributed by atoms with E-state index in [4.69, 9.17) is 4.74 Å². The van der Waals surface area contributed by atoms with Crippen LogP contribution in [0.1, 0.15) is 44.1 Å². The molecule has 0 aromatic heterocycles. The van der Waals surface area contributed by atoms with Crippen LogP contribution in [-0.4, -0.2) is 76.5 Å². The Kier molecular flexibility index (Phi) is 7.37. The predicted octanol–water partition coefficient (Wildman–Crippen LogP) is 3.05. The number of aliphatic hydroxyl groups is 2. The molecule has 1 saturated carbocycles. The second-order valence-corrected chi connectivity index (χ2v) is 9.89. The third-order valence-corrected chi connectivity index (χ3v) is 7.09. The standard InChI is InChI=1S/C27H36N2O4/c1-22(30)29-17-16-28(19-27(32,20-29)21-33-25-10-6-3-7-11-25)18-26(31)14-12-24(13-15-26)23-8-4-2-5-9-23/h2-11,24,31-32H,12-21H2,1H3. The van der Waals surface area contributed by atoms with Gasteiger partial charge in [-0.15, -0.1) is 0 Å². The van der Waals surface area contributed by atoms with Gasteiger partial charge in [0.2, 0.25) is 5.91 Å². The van der Waals surface area contributed by atoms with Gasteiger partial charge < -0.3 is 19.8 Å². The van der Waals surface area contributed by atoms with Crippen molar-refractivity contribution in [3.8, 4) is 5.75 Å². The third-order valence-electron chi connectivity index (χ3n) is 7.09. The second kappa shape index (κ2) is 10.2. The molecule has 1 unspecified atom stereocenters. The van der Waals surface area contributed by atoms with Crippen molar-refractivity contribution in [2.45, 2.75) is 49.7 Å². The van der Waals surface area contributed by atoms with Gasteiger partial charge in [0.05, 0.1) is 12.1 Å². The molecule has 33 heavy (non-hydrogen) atoms. The van der Waals surface area contributed by atoms with Gasteiger partial charge in [-0.25, -0.2) is 0 Å². The maximum absolute atomic E-state index is 12.2. The zero-order valence-electron chi connectivity index (χ0n) is 19.5. The van der Waals surface area contributed by atoms with E-state index in [1.54, 1.807) is 4.90 Å². The number of hydrogen-bond acceptors (Lipinski definition) is 5. The summed E-state index contributed by atoms with van der Waals surface area (Å²) in [6.45, 7) is 3.85. The van der Waals surface area contributed by atoms with Crippen molar-refractivity contribution < 1.29 is 19.7 Å². The normalized spacial score (nSPS) is 28.8. The summed E-state index contributed by atoms with van der Waals surface area (Å²) >= 11 is 0. The van der Waals surface area contributed by atoms with E-state index in [0.717, 1.165) is 25.7 Å². The Labute approximate surface area is 196 Å². The van der Waals surface area contributed by atoms with Crippen LogP contribution >= 0.6 is 0 Å². The molecule has 4 rings (SSSR count). The lowest BCUT2D eigenvalue weighted by Gasteiger charge is -2.40. The first-order valence-electron chi connectivity index (χ1n) is 12.0. The summed E-state index contributed by atoms with van der Waals surface area (Å²) in [4.78, 5) is 15.9. The maximum atomic E-state index is 12.2. The number of rotatable bonds is 6. The fraction of sp³-hybridized carbons (Fsp3) is 0.519. The van der Waals surface area contributed by atoms with Crippen LogP contribution in [0.3, 0.4) is 0 Å². The van der Waals surface area contributed by atoms with E-state index in [2.05, 4.69) is 29.2 Å². The zero-order valence-corrected chi connectivity index (χ0v) is 19.5. The maximum Gasteiger partial charge on any atom is 0.219 e. The highest BCUT2D eigenvalue weighted by atomic mass is 16.5. The Morgan fingerprint density at radius 2 is 1.58 bits per heavy atom. The van der Waals surface area contributed by atoms with Gasteiger partial charge in [0.15, 0.2) is 0 Å². The highest BCUT2D eigenvalue weighted by Crippen LogP contribution is 2.38. The van der Waals surface area contributed by atoms with E-state index in [-0.39, 0.29) is 19.1 Å². The highest BCUT2D eigenvalue weighted by Gasteiger charge is 2.41. The molecular formula is C27H36N2O4. The monoisotopic (exact) mass is 452 g/mol. The Hall–Kier alpha value is -2.41. The average Bonchev–Trinajstić information content (AvgIpc) is 2.98. The molecule has 1 amide bonds. The summed E-state index contributed by atoms with van der Waals surface area (Å²) < 4.78 is 5.88. The molecule has 1 atom stereocenters. The minimum Gasteiger partial charge on any atom is -0.490 e. The van der Waals surface area contributed by atoms with Gasteiger partial charge in [-0.1, -0.05) is 48.5 Å². The van der Waals surface area contributed by atoms with Crippen LogP contribution in [0.4, 0.5) is 0 Å². The lowest BCUT2D eigenvalue weighted by atomic mass is 9.76. The molecule has 2 aliphatic rings. The van der Waals surface area contributed by atoms with Crippen LogP contribution in [0.5, 0.6) is 5.75 Å². The summed E-state index contributed by atoms with van der Waals surface area (Å²) in [5.74, 6) is 1.12. The molecular weight excluding hydrogens is 416 g/mol. The van der Waals surface area contributed by atoms with Crippen molar-refractivity contribution in [3.63, 3.8) is 0 Å². The highest BCUT2D eigenvalue weighted by molar-refractivity contribution is 5.73. The van der Waals surface area contributed by atoms with Crippen molar-refractivity contribution in [1.82, 2.24) is 9.80 Å². The molecule has 1 aliphatic heterocycles. The predicted molar refractivity (Wildman–Crippen MR) is 128 cm³/mol. The Balaban J connectivity index is 1.40. The van der Waals surface area contributed by atoms with Gasteiger partial charge in [-0.2, -0.15) is 0 Å². The van der Waals surface area contributed by atoms with Crippen LogP contribution in [0.2, 0.25) is 0 Å². The van der Waals surface area contributed by atoms with Crippen molar-refractivity contribution in [1.29, 1.82) is 0 Å². The largest absolute Gasteiger partial charge is 0.490 e. The minimum absolute atomic E-state index is 0.0583. The van der Waals surface area contributed by atoms with Crippen LogP contribution in [0.25, 0.3) is 0 Å². The number of nitrogens with zero attached hydrogens (tertiary/aromatic N) is 2. The lowest BCUT2D eigenvalue weighted by Crippen LogP contribution is -2.54. The number of benzene rings is 2. The molecule has 0 bridgehead atoms. The smallest absolute Gasteiger partial charge is 0.219 e. The second-order valence-electron chi connectivity index (χ2n) is 9.89. The zero-order chi connectivity index (χ0) is 23.3. The van der Waals surface area contributed by atoms with E-state index in [0.29, 0.717) is 37.8 Å². The van der Waals surface area contributed by atoms with E-state index < -0.39 is 11.2 Å². The fourth-order valence-corrected chi connectivity index (χ4v) is 5.26. The number of carbonyl (C=O) groups is 1. The van der Waals surface area contributed by atoms with Gasteiger partial charge >= 0.3 is 0 Å². The molecule has 2 aromatic carbocycles. The van der Waals surface area contributed by atoms with Gasteiger partial charge in [-0.05, 0) is 49.3 Å². The van der Waals surface area contributed by atoms with Crippen LogP contribution < -0.4 is 4.74 Å². The average molecular weight is 453 g/mol. The molecule has 0 radical (unpaired) electrons. The van der Waals surface area contributed by atoms with E-state index >= 15 is 0 Å². The first kappa shape index (κ1) is 23.7. The van der Waals surface area contributed by atoms with Crippen molar-refractivity contribution in [2.24, 2.45) is 0 Å². The number of hydrogen-bond donors (Lipinski definition) is 2. The first-order chi connectivity index (χ1) is 15.8. The Morgan fingerprint density at radius 1 is 0.939 bits per heavy atom. The quantitative estimate of drug-likeness (QED) is 0.705. The third kappa shape index (κ3) is 6.34. The topological polar surface area (TPSA) is 73.2 Å². The van der Waals surface area contributed by atoms with Crippen LogP contribution in [-0.2, 0) is 4.79 Å². The molecule has 1 heterocycles. The summed E-state index contributed by atoms with van der Waals surface area (Å²) in [5, 5.41) is 22.9. The number of β-amino-alcohol motifs (C(OH)–C–C–N with tert-alkyl or cyclic N) is 2. The molecule has 1 aliphatic carbocycles. The Morgan fingerprint density at radius 3 is 2.21 bits per heavy atom. The van der Waals surface area contributed by atoms with Gasteiger partial charge in [0, 0.05) is 33.1 Å². The molecule has 6 nitrogen and oxygen atoms in total. The van der Waals surface area contributed by atoms with Crippen molar-refractivity contribution in [2.75, 3.05) is 39.3 Å². The van der Waals surface area contributed by atoms with Crippen LogP contribution in [0.15, 0.2) is 60.7 Å². The fourth-order valence-electron chi connectivity index (χ4n) is 5.26. The molecule has 2 N–H and O–H groups in total. The van der Waals surface area contributed by atoms with Crippen molar-refractivity contribution >= 4 is 5.91 Å². The number of carbonyl (C=O) groups excluding carboxylic acids is 1. The minimum atomic E-state index is -1.21. The number of ether oxygens (including phenoxy) is 1. The van der Waals surface area contributed by atoms with E-state index in [9.17, 15) is 15.0 Å².